The molecule has 112 valence electrons. The average Bonchev–Trinajstić information content (AvgIpc) is 2.40. The molecule has 2 N–H and O–H groups in total. The molecule has 1 aromatic rings. The Balaban J connectivity index is 0.000000246. The fourth-order valence-electron chi connectivity index (χ4n) is 1.52. The van der Waals surface area contributed by atoms with Gasteiger partial charge in [0, 0.05) is 6.20 Å². The van der Waals surface area contributed by atoms with E-state index in [1.165, 1.54) is 0 Å². The summed E-state index contributed by atoms with van der Waals surface area (Å²) in [5, 5.41) is 10.4. The normalized spacial score (nSPS) is 15.9. The van der Waals surface area contributed by atoms with Crippen molar-refractivity contribution in [2.45, 2.75) is 25.1 Å². The van der Waals surface area contributed by atoms with Crippen LogP contribution in [0.2, 0.25) is 0 Å². The summed E-state index contributed by atoms with van der Waals surface area (Å²) in [4.78, 5) is 12.9. The van der Waals surface area contributed by atoms with Gasteiger partial charge in [-0.3, -0.25) is 4.98 Å². The van der Waals surface area contributed by atoms with E-state index in [4.69, 9.17) is 14.6 Å². The van der Waals surface area contributed by atoms with Gasteiger partial charge in [-0.1, -0.05) is 0 Å². The highest BCUT2D eigenvalue weighted by atomic mass is 19.4. The predicted octanol–water partition coefficient (Wildman–Crippen LogP) is 1.85. The van der Waals surface area contributed by atoms with E-state index in [0.717, 1.165) is 31.7 Å². The molecule has 8 heteroatoms. The fraction of sp³-hybridized carbons (Fsp3) is 0.500. The third kappa shape index (κ3) is 6.37. The van der Waals surface area contributed by atoms with Crippen LogP contribution in [0.3, 0.4) is 0 Å². The molecule has 0 spiro atoms. The molecule has 1 aliphatic heterocycles. The number of hydrogen-bond acceptors (Lipinski definition) is 4. The molecule has 0 atom stereocenters. The minimum absolute atomic E-state index is 0.366. The van der Waals surface area contributed by atoms with Crippen molar-refractivity contribution in [3.63, 3.8) is 0 Å². The Morgan fingerprint density at radius 3 is 2.45 bits per heavy atom. The molecular formula is C12H15F3N2O3. The lowest BCUT2D eigenvalue weighted by Crippen LogP contribution is -2.34. The Morgan fingerprint density at radius 2 is 2.00 bits per heavy atom. The van der Waals surface area contributed by atoms with Crippen molar-refractivity contribution in [3.8, 4) is 5.75 Å². The quantitative estimate of drug-likeness (QED) is 0.870. The Bertz CT molecular complexity index is 406. The molecule has 2 heterocycles. The van der Waals surface area contributed by atoms with E-state index in [1.807, 2.05) is 12.1 Å². The zero-order valence-corrected chi connectivity index (χ0v) is 10.6. The second-order valence-electron chi connectivity index (χ2n) is 4.06. The van der Waals surface area contributed by atoms with Crippen molar-refractivity contribution in [2.24, 2.45) is 0 Å². The number of alkyl halides is 3. The molecular weight excluding hydrogens is 277 g/mol. The van der Waals surface area contributed by atoms with Gasteiger partial charge in [0.15, 0.2) is 0 Å². The fourth-order valence-corrected chi connectivity index (χ4v) is 1.52. The number of aromatic nitrogens is 1. The minimum Gasteiger partial charge on any atom is -0.489 e. The molecule has 20 heavy (non-hydrogen) atoms. The molecule has 1 saturated heterocycles. The lowest BCUT2D eigenvalue weighted by molar-refractivity contribution is -0.192. The number of nitrogens with one attached hydrogen (secondary N) is 1. The highest BCUT2D eigenvalue weighted by Crippen LogP contribution is 2.14. The lowest BCUT2D eigenvalue weighted by Gasteiger charge is -2.23. The van der Waals surface area contributed by atoms with Gasteiger partial charge in [-0.2, -0.15) is 13.2 Å². The van der Waals surface area contributed by atoms with E-state index >= 15 is 0 Å². The molecule has 0 radical (unpaired) electrons. The van der Waals surface area contributed by atoms with Gasteiger partial charge in [-0.05, 0) is 38.1 Å². The third-order valence-electron chi connectivity index (χ3n) is 2.47. The Labute approximate surface area is 113 Å². The number of aliphatic carboxylic acids is 1. The van der Waals surface area contributed by atoms with Crippen LogP contribution in [0.5, 0.6) is 5.75 Å². The first-order valence-electron chi connectivity index (χ1n) is 5.97. The summed E-state index contributed by atoms with van der Waals surface area (Å²) in [6.07, 6.45) is 0.992. The molecule has 1 fully saturated rings. The van der Waals surface area contributed by atoms with Crippen LogP contribution >= 0.6 is 0 Å². The molecule has 0 saturated carbocycles. The van der Waals surface area contributed by atoms with E-state index in [9.17, 15) is 13.2 Å². The number of carbonyl (C=O) groups is 1. The number of halogens is 3. The zero-order valence-electron chi connectivity index (χ0n) is 10.6. The molecule has 0 bridgehead atoms. The topological polar surface area (TPSA) is 71.5 Å². The van der Waals surface area contributed by atoms with Crippen LogP contribution in [0.1, 0.15) is 12.8 Å². The summed E-state index contributed by atoms with van der Waals surface area (Å²) in [5.74, 6) is -1.87. The number of ether oxygens (including phenoxy) is 1. The molecule has 1 aromatic heterocycles. The largest absolute Gasteiger partial charge is 0.490 e. The summed E-state index contributed by atoms with van der Waals surface area (Å²) in [5.41, 5.74) is 0. The molecule has 0 aromatic carbocycles. The summed E-state index contributed by atoms with van der Waals surface area (Å²) in [7, 11) is 0. The second-order valence-corrected chi connectivity index (χ2v) is 4.06. The van der Waals surface area contributed by atoms with Crippen LogP contribution in [0, 0.1) is 0 Å². The maximum absolute atomic E-state index is 10.6. The first kappa shape index (κ1) is 16.2. The van der Waals surface area contributed by atoms with Crippen LogP contribution in [0.15, 0.2) is 24.5 Å². The van der Waals surface area contributed by atoms with E-state index in [2.05, 4.69) is 10.3 Å². The summed E-state index contributed by atoms with van der Waals surface area (Å²) >= 11 is 0. The maximum Gasteiger partial charge on any atom is 0.490 e. The first-order chi connectivity index (χ1) is 9.39. The number of carboxylic acids is 1. The molecule has 5 nitrogen and oxygen atoms in total. The molecule has 0 aliphatic carbocycles. The van der Waals surface area contributed by atoms with E-state index in [0.29, 0.717) is 6.10 Å². The number of carboxylic acid groups (broad SMARTS) is 1. The van der Waals surface area contributed by atoms with Gasteiger partial charge in [-0.25, -0.2) is 4.79 Å². The predicted molar refractivity (Wildman–Crippen MR) is 64.4 cm³/mol. The maximum atomic E-state index is 10.6. The van der Waals surface area contributed by atoms with Crippen molar-refractivity contribution in [1.82, 2.24) is 10.3 Å². The SMILES string of the molecule is O=C(O)C(F)(F)F.c1cncc(OC2CCNCC2)c1. The van der Waals surface area contributed by atoms with Crippen molar-refractivity contribution in [2.75, 3.05) is 13.1 Å². The smallest absolute Gasteiger partial charge is 0.489 e. The number of nitrogens with zero attached hydrogens (tertiary/aromatic N) is 1. The van der Waals surface area contributed by atoms with Crippen LogP contribution in [-0.2, 0) is 4.79 Å². The number of pyridine rings is 1. The van der Waals surface area contributed by atoms with Gasteiger partial charge in [-0.15, -0.1) is 0 Å². The zero-order chi connectivity index (χ0) is 15.0. The van der Waals surface area contributed by atoms with Gasteiger partial charge in [0.05, 0.1) is 6.20 Å². The minimum atomic E-state index is -5.08. The summed E-state index contributed by atoms with van der Waals surface area (Å²) in [6, 6.07) is 3.85. The van der Waals surface area contributed by atoms with Gasteiger partial charge in [0.2, 0.25) is 0 Å². The molecule has 0 unspecified atom stereocenters. The monoisotopic (exact) mass is 292 g/mol. The van der Waals surface area contributed by atoms with Gasteiger partial charge < -0.3 is 15.2 Å². The van der Waals surface area contributed by atoms with E-state index < -0.39 is 12.1 Å². The Morgan fingerprint density at radius 1 is 1.40 bits per heavy atom. The molecule has 2 rings (SSSR count). The van der Waals surface area contributed by atoms with Crippen LogP contribution in [-0.4, -0.2) is 41.4 Å². The van der Waals surface area contributed by atoms with Gasteiger partial charge >= 0.3 is 12.1 Å². The first-order valence-corrected chi connectivity index (χ1v) is 5.97. The number of piperidine rings is 1. The number of hydrogen-bond donors (Lipinski definition) is 2. The summed E-state index contributed by atoms with van der Waals surface area (Å²) < 4.78 is 37.5. The van der Waals surface area contributed by atoms with Crippen LogP contribution < -0.4 is 10.1 Å². The third-order valence-corrected chi connectivity index (χ3v) is 2.47. The Hall–Kier alpha value is -1.83. The average molecular weight is 292 g/mol. The molecule has 1 aliphatic rings. The van der Waals surface area contributed by atoms with Crippen molar-refractivity contribution in [1.29, 1.82) is 0 Å². The van der Waals surface area contributed by atoms with Crippen molar-refractivity contribution in [3.05, 3.63) is 24.5 Å². The van der Waals surface area contributed by atoms with E-state index in [-0.39, 0.29) is 0 Å². The van der Waals surface area contributed by atoms with Crippen LogP contribution in [0.25, 0.3) is 0 Å². The second kappa shape index (κ2) is 7.68. The highest BCUT2D eigenvalue weighted by Gasteiger charge is 2.38. The standard InChI is InChI=1S/C10H14N2O.C2HF3O2/c1-2-10(8-12-5-1)13-9-3-6-11-7-4-9;3-2(4,5)1(6)7/h1-2,5,8-9,11H,3-4,6-7H2;(H,6,7). The van der Waals surface area contributed by atoms with Crippen molar-refractivity contribution >= 4 is 5.97 Å². The summed E-state index contributed by atoms with van der Waals surface area (Å²) in [6.45, 7) is 2.12. The molecule has 0 amide bonds. The van der Waals surface area contributed by atoms with Gasteiger partial charge in [0.25, 0.3) is 0 Å². The highest BCUT2D eigenvalue weighted by molar-refractivity contribution is 5.73. The lowest BCUT2D eigenvalue weighted by atomic mass is 10.1. The Kier molecular flexibility index (Phi) is 6.23. The van der Waals surface area contributed by atoms with Crippen LogP contribution in [0.4, 0.5) is 13.2 Å². The van der Waals surface area contributed by atoms with E-state index in [1.54, 1.807) is 12.4 Å². The van der Waals surface area contributed by atoms with Gasteiger partial charge in [0.1, 0.15) is 11.9 Å². The van der Waals surface area contributed by atoms with Crippen molar-refractivity contribution < 1.29 is 27.8 Å². The number of rotatable bonds is 2.